The maximum atomic E-state index is 12.3. The van der Waals surface area contributed by atoms with E-state index in [9.17, 15) is 8.42 Å². The zero-order chi connectivity index (χ0) is 14.0. The summed E-state index contributed by atoms with van der Waals surface area (Å²) in [5.41, 5.74) is 0.386. The molecule has 1 aliphatic rings. The number of morpholine rings is 1. The first-order valence-electron chi connectivity index (χ1n) is 6.07. The van der Waals surface area contributed by atoms with E-state index in [0.29, 0.717) is 11.5 Å². The van der Waals surface area contributed by atoms with E-state index < -0.39 is 16.1 Å². The predicted molar refractivity (Wildman–Crippen MR) is 66.9 cm³/mol. The van der Waals surface area contributed by atoms with E-state index >= 15 is 0 Å². The van der Waals surface area contributed by atoms with Gasteiger partial charge in [-0.05, 0) is 13.8 Å². The molecule has 1 saturated heterocycles. The van der Waals surface area contributed by atoms with E-state index in [2.05, 4.69) is 5.16 Å². The number of ether oxygens (including phenoxy) is 1. The van der Waals surface area contributed by atoms with Gasteiger partial charge < -0.3 is 14.4 Å². The summed E-state index contributed by atoms with van der Waals surface area (Å²) in [6, 6.07) is 1.60. The van der Waals surface area contributed by atoms with Crippen LogP contribution < -0.4 is 0 Å². The summed E-state index contributed by atoms with van der Waals surface area (Å²) in [4.78, 5) is 0. The Morgan fingerprint density at radius 3 is 2.84 bits per heavy atom. The minimum atomic E-state index is -3.48. The van der Waals surface area contributed by atoms with E-state index in [1.165, 1.54) is 4.31 Å². The minimum absolute atomic E-state index is 0.167. The van der Waals surface area contributed by atoms with Gasteiger partial charge in [0.05, 0.1) is 18.8 Å². The molecule has 0 aromatic carbocycles. The van der Waals surface area contributed by atoms with Crippen LogP contribution in [0.15, 0.2) is 10.6 Å². The van der Waals surface area contributed by atoms with Gasteiger partial charge in [-0.15, -0.1) is 0 Å². The average molecular weight is 290 g/mol. The number of nitrogens with zero attached hydrogens (tertiary/aromatic N) is 2. The molecule has 1 aromatic heterocycles. The molecule has 19 heavy (non-hydrogen) atoms. The molecule has 2 heterocycles. The molecule has 1 N–H and O–H groups in total. The third-order valence-corrected chi connectivity index (χ3v) is 4.64. The topological polar surface area (TPSA) is 92.9 Å². The molecule has 7 nitrogen and oxygen atoms in total. The van der Waals surface area contributed by atoms with Crippen molar-refractivity contribution in [2.45, 2.75) is 31.8 Å². The summed E-state index contributed by atoms with van der Waals surface area (Å²) in [5.74, 6) is 0.378. The molecule has 108 valence electrons. The Morgan fingerprint density at radius 1 is 1.53 bits per heavy atom. The van der Waals surface area contributed by atoms with Gasteiger partial charge in [0.25, 0.3) is 0 Å². The van der Waals surface area contributed by atoms with Crippen LogP contribution >= 0.6 is 0 Å². The van der Waals surface area contributed by atoms with Gasteiger partial charge in [0.2, 0.25) is 10.0 Å². The Hall–Kier alpha value is -0.960. The van der Waals surface area contributed by atoms with Crippen LogP contribution in [0.25, 0.3) is 0 Å². The summed E-state index contributed by atoms with van der Waals surface area (Å²) in [6.45, 7) is 3.75. The maximum Gasteiger partial charge on any atom is 0.220 e. The lowest BCUT2D eigenvalue weighted by atomic mass is 10.2. The molecular formula is C11H18N2O5S. The second kappa shape index (κ2) is 5.58. The van der Waals surface area contributed by atoms with Gasteiger partial charge in [-0.2, -0.15) is 4.31 Å². The van der Waals surface area contributed by atoms with E-state index in [4.69, 9.17) is 14.4 Å². The number of sulfonamides is 1. The van der Waals surface area contributed by atoms with Crippen molar-refractivity contribution in [3.05, 3.63) is 17.5 Å². The van der Waals surface area contributed by atoms with E-state index in [0.717, 1.165) is 0 Å². The molecule has 0 saturated carbocycles. The highest BCUT2D eigenvalue weighted by atomic mass is 32.2. The Morgan fingerprint density at radius 2 is 2.26 bits per heavy atom. The molecule has 0 bridgehead atoms. The Kier molecular flexibility index (Phi) is 4.24. The van der Waals surface area contributed by atoms with Crippen LogP contribution in [-0.2, 0) is 20.5 Å². The highest BCUT2D eigenvalue weighted by Gasteiger charge is 2.33. The van der Waals surface area contributed by atoms with Crippen molar-refractivity contribution < 1.29 is 22.8 Å². The van der Waals surface area contributed by atoms with Crippen molar-refractivity contribution in [1.82, 2.24) is 9.46 Å². The first-order valence-corrected chi connectivity index (χ1v) is 7.68. The molecule has 0 aliphatic carbocycles. The summed E-state index contributed by atoms with van der Waals surface area (Å²) in [6.07, 6.45) is -0.711. The number of aromatic nitrogens is 1. The van der Waals surface area contributed by atoms with Crippen molar-refractivity contribution in [1.29, 1.82) is 0 Å². The Balaban J connectivity index is 2.10. The van der Waals surface area contributed by atoms with Crippen LogP contribution in [-0.4, -0.2) is 54.9 Å². The van der Waals surface area contributed by atoms with Crippen molar-refractivity contribution in [2.75, 3.05) is 19.7 Å². The molecule has 1 aliphatic heterocycles. The molecule has 0 amide bonds. The number of hydrogen-bond donors (Lipinski definition) is 1. The van der Waals surface area contributed by atoms with Crippen molar-refractivity contribution in [3.63, 3.8) is 0 Å². The maximum absolute atomic E-state index is 12.3. The van der Waals surface area contributed by atoms with Gasteiger partial charge in [0, 0.05) is 19.2 Å². The molecule has 0 radical (unpaired) electrons. The lowest BCUT2D eigenvalue weighted by molar-refractivity contribution is -0.0750. The SMILES string of the molecule is Cc1cc(CS(=O)(=O)N2CC(C)OC(CO)C2)no1. The second-order valence-corrected chi connectivity index (χ2v) is 6.72. The van der Waals surface area contributed by atoms with E-state index in [1.807, 2.05) is 0 Å². The number of aliphatic hydroxyl groups is 1. The van der Waals surface area contributed by atoms with Gasteiger partial charge in [-0.25, -0.2) is 8.42 Å². The first-order chi connectivity index (χ1) is 8.90. The van der Waals surface area contributed by atoms with E-state index in [-0.39, 0.29) is 31.6 Å². The molecule has 0 spiro atoms. The standard InChI is InChI=1S/C11H18N2O5S/c1-8-3-10(12-18-8)7-19(15,16)13-4-9(2)17-11(5-13)6-14/h3,9,11,14H,4-7H2,1-2H3. The van der Waals surface area contributed by atoms with Crippen LogP contribution in [0.3, 0.4) is 0 Å². The van der Waals surface area contributed by atoms with Gasteiger partial charge >= 0.3 is 0 Å². The highest BCUT2D eigenvalue weighted by molar-refractivity contribution is 7.88. The monoisotopic (exact) mass is 290 g/mol. The lowest BCUT2D eigenvalue weighted by Crippen LogP contribution is -2.50. The first kappa shape index (κ1) is 14.4. The highest BCUT2D eigenvalue weighted by Crippen LogP contribution is 2.18. The number of aryl methyl sites for hydroxylation is 1. The fourth-order valence-corrected chi connectivity index (χ4v) is 3.62. The molecule has 1 fully saturated rings. The summed E-state index contributed by atoms with van der Waals surface area (Å²) < 4.78 is 36.2. The fraction of sp³-hybridized carbons (Fsp3) is 0.727. The van der Waals surface area contributed by atoms with Crippen LogP contribution in [0.4, 0.5) is 0 Å². The molecule has 8 heteroatoms. The van der Waals surface area contributed by atoms with Crippen molar-refractivity contribution in [3.8, 4) is 0 Å². The number of hydrogen-bond acceptors (Lipinski definition) is 6. The molecule has 2 unspecified atom stereocenters. The quantitative estimate of drug-likeness (QED) is 0.832. The van der Waals surface area contributed by atoms with Gasteiger partial charge in [0.15, 0.2) is 0 Å². The average Bonchev–Trinajstić information content (AvgIpc) is 2.73. The van der Waals surface area contributed by atoms with Crippen molar-refractivity contribution >= 4 is 10.0 Å². The minimum Gasteiger partial charge on any atom is -0.394 e. The lowest BCUT2D eigenvalue weighted by Gasteiger charge is -2.35. The van der Waals surface area contributed by atoms with Crippen LogP contribution in [0.5, 0.6) is 0 Å². The zero-order valence-corrected chi connectivity index (χ0v) is 11.8. The third-order valence-electron chi connectivity index (χ3n) is 2.90. The van der Waals surface area contributed by atoms with Gasteiger partial charge in [-0.1, -0.05) is 5.16 Å². The normalized spacial score (nSPS) is 25.6. The number of aliphatic hydroxyl groups excluding tert-OH is 1. The van der Waals surface area contributed by atoms with Crippen LogP contribution in [0.1, 0.15) is 18.4 Å². The molecule has 2 atom stereocenters. The smallest absolute Gasteiger partial charge is 0.220 e. The van der Waals surface area contributed by atoms with Crippen molar-refractivity contribution in [2.24, 2.45) is 0 Å². The van der Waals surface area contributed by atoms with Gasteiger partial charge in [-0.3, -0.25) is 0 Å². The fourth-order valence-electron chi connectivity index (χ4n) is 2.10. The molecular weight excluding hydrogens is 272 g/mol. The molecule has 2 rings (SSSR count). The Bertz CT molecular complexity index is 527. The zero-order valence-electron chi connectivity index (χ0n) is 10.9. The molecule has 1 aromatic rings. The van der Waals surface area contributed by atoms with Crippen LogP contribution in [0.2, 0.25) is 0 Å². The third kappa shape index (κ3) is 3.53. The second-order valence-electron chi connectivity index (χ2n) is 4.75. The van der Waals surface area contributed by atoms with Gasteiger partial charge in [0.1, 0.15) is 17.2 Å². The van der Waals surface area contributed by atoms with E-state index in [1.54, 1.807) is 19.9 Å². The Labute approximate surface area is 112 Å². The number of rotatable bonds is 4. The summed E-state index contributed by atoms with van der Waals surface area (Å²) in [7, 11) is -3.48. The summed E-state index contributed by atoms with van der Waals surface area (Å²) in [5, 5.41) is 12.8. The predicted octanol–water partition coefficient (Wildman–Crippen LogP) is -0.106. The largest absolute Gasteiger partial charge is 0.394 e. The summed E-state index contributed by atoms with van der Waals surface area (Å²) >= 11 is 0. The van der Waals surface area contributed by atoms with Crippen LogP contribution in [0, 0.1) is 6.92 Å².